The zero-order valence-corrected chi connectivity index (χ0v) is 20.7. The fraction of sp³-hybridized carbons (Fsp3) is 0.500. The molecule has 2 aromatic heterocycles. The lowest BCUT2D eigenvalue weighted by Gasteiger charge is -2.16. The number of thiophene rings is 2. The second-order valence-corrected chi connectivity index (χ2v) is 12.5. The average molecular weight is 484 g/mol. The molecule has 1 saturated carbocycles. The van der Waals surface area contributed by atoms with Crippen molar-refractivity contribution in [3.63, 3.8) is 0 Å². The highest BCUT2D eigenvalue weighted by Gasteiger charge is 2.37. The van der Waals surface area contributed by atoms with Crippen molar-refractivity contribution in [2.45, 2.75) is 56.8 Å². The number of aliphatic imine (C=N–C) groups is 2. The molecule has 31 heavy (non-hydrogen) atoms. The molecule has 0 unspecified atom stereocenters. The van der Waals surface area contributed by atoms with Crippen LogP contribution in [-0.2, 0) is 10.0 Å². The third-order valence-corrected chi connectivity index (χ3v) is 9.89. The van der Waals surface area contributed by atoms with Crippen LogP contribution in [0.1, 0.15) is 48.0 Å². The molecular weight excluding hydrogens is 454 g/mol. The van der Waals surface area contributed by atoms with Crippen LogP contribution in [0.2, 0.25) is 0 Å². The number of amidine groups is 2. The van der Waals surface area contributed by atoms with Crippen LogP contribution >= 0.6 is 22.7 Å². The van der Waals surface area contributed by atoms with Crippen LogP contribution in [-0.4, -0.2) is 42.6 Å². The van der Waals surface area contributed by atoms with Gasteiger partial charge >= 0.3 is 0 Å². The van der Waals surface area contributed by atoms with Crippen molar-refractivity contribution >= 4 is 50.1 Å². The van der Waals surface area contributed by atoms with Crippen LogP contribution in [0.4, 0.5) is 5.69 Å². The van der Waals surface area contributed by atoms with E-state index in [9.17, 15) is 13.5 Å². The summed E-state index contributed by atoms with van der Waals surface area (Å²) in [5, 5.41) is 11.9. The molecule has 3 rings (SSSR count). The smallest absolute Gasteiger partial charge is 0.256 e. The van der Waals surface area contributed by atoms with E-state index >= 15 is 0 Å². The molecular formula is C20H29N5O3S3. The number of nitrogens with two attached hydrogens (primary N) is 2. The van der Waals surface area contributed by atoms with E-state index in [2.05, 4.69) is 43.7 Å². The van der Waals surface area contributed by atoms with Gasteiger partial charge in [0.25, 0.3) is 10.0 Å². The molecule has 0 aromatic carbocycles. The van der Waals surface area contributed by atoms with E-state index in [1.807, 2.05) is 0 Å². The Bertz CT molecular complexity index is 1110. The first-order valence-electron chi connectivity index (χ1n) is 9.96. The van der Waals surface area contributed by atoms with Gasteiger partial charge in [-0.1, -0.05) is 13.8 Å². The standard InChI is InChI=1S/C20H29N5O3S3/c1-10(2)16(15-8-11(3)12(4)30-15)24-19(22)18(21)23-14-9-29-20(17(14)26)31(27,28)25(5)13-6-7-13/h8-10,13,16,26H,6-7H2,1-5H3,(H2,21,23)(H2,22,24)/t16-/m1/s1. The molecule has 2 heterocycles. The zero-order chi connectivity index (χ0) is 23.1. The molecule has 2 aromatic rings. The van der Waals surface area contributed by atoms with Gasteiger partial charge in [0.15, 0.2) is 21.6 Å². The minimum atomic E-state index is -3.78. The number of hydrogen-bond acceptors (Lipinski definition) is 7. The number of sulfonamides is 1. The number of aromatic hydroxyl groups is 1. The summed E-state index contributed by atoms with van der Waals surface area (Å²) >= 11 is 2.58. The number of nitrogens with zero attached hydrogens (tertiary/aromatic N) is 3. The van der Waals surface area contributed by atoms with Crippen molar-refractivity contribution in [1.82, 2.24) is 4.31 Å². The number of aryl methyl sites for hydroxylation is 2. The molecule has 1 atom stereocenters. The first-order valence-corrected chi connectivity index (χ1v) is 13.1. The Morgan fingerprint density at radius 2 is 1.90 bits per heavy atom. The molecule has 0 saturated heterocycles. The quantitative estimate of drug-likeness (QED) is 0.408. The molecule has 5 N–H and O–H groups in total. The monoisotopic (exact) mass is 483 g/mol. The van der Waals surface area contributed by atoms with E-state index < -0.39 is 15.8 Å². The van der Waals surface area contributed by atoms with Crippen molar-refractivity contribution in [3.05, 3.63) is 26.8 Å². The maximum atomic E-state index is 12.7. The van der Waals surface area contributed by atoms with E-state index in [0.717, 1.165) is 29.1 Å². The first kappa shape index (κ1) is 23.7. The highest BCUT2D eigenvalue weighted by atomic mass is 32.2. The summed E-state index contributed by atoms with van der Waals surface area (Å²) in [6.07, 6.45) is 1.65. The lowest BCUT2D eigenvalue weighted by molar-refractivity contribution is 0.445. The normalized spacial score (nSPS) is 17.0. The Labute approximate surface area is 191 Å². The highest BCUT2D eigenvalue weighted by Crippen LogP contribution is 2.42. The van der Waals surface area contributed by atoms with Gasteiger partial charge in [-0.15, -0.1) is 22.7 Å². The third kappa shape index (κ3) is 4.94. The zero-order valence-electron chi connectivity index (χ0n) is 18.3. The Morgan fingerprint density at radius 3 is 2.42 bits per heavy atom. The fourth-order valence-corrected chi connectivity index (χ4v) is 7.10. The molecule has 1 fully saturated rings. The molecule has 0 aliphatic heterocycles. The van der Waals surface area contributed by atoms with Gasteiger partial charge in [0, 0.05) is 28.2 Å². The van der Waals surface area contributed by atoms with Gasteiger partial charge in [0.1, 0.15) is 5.69 Å². The molecule has 1 aliphatic carbocycles. The van der Waals surface area contributed by atoms with Crippen LogP contribution in [0.15, 0.2) is 25.6 Å². The van der Waals surface area contributed by atoms with Crippen molar-refractivity contribution in [3.8, 4) is 5.75 Å². The van der Waals surface area contributed by atoms with E-state index in [4.69, 9.17) is 11.5 Å². The predicted molar refractivity (Wildman–Crippen MR) is 128 cm³/mol. The average Bonchev–Trinajstić information content (AvgIpc) is 3.40. The minimum Gasteiger partial charge on any atom is -0.504 e. The molecule has 8 nitrogen and oxygen atoms in total. The SMILES string of the molecule is Cc1cc([C@H](N=C(N)C(N)=Nc2csc(S(=O)(=O)N(C)C3CC3)c2O)C(C)C)sc1C. The van der Waals surface area contributed by atoms with Crippen LogP contribution in [0, 0.1) is 19.8 Å². The maximum Gasteiger partial charge on any atom is 0.256 e. The van der Waals surface area contributed by atoms with Crippen molar-refractivity contribution in [1.29, 1.82) is 0 Å². The molecule has 11 heteroatoms. The van der Waals surface area contributed by atoms with Gasteiger partial charge < -0.3 is 16.6 Å². The third-order valence-electron chi connectivity index (χ3n) is 5.28. The molecule has 0 bridgehead atoms. The summed E-state index contributed by atoms with van der Waals surface area (Å²) in [4.78, 5) is 11.1. The van der Waals surface area contributed by atoms with Gasteiger partial charge in [-0.05, 0) is 44.2 Å². The van der Waals surface area contributed by atoms with Crippen LogP contribution in [0.3, 0.4) is 0 Å². The maximum absolute atomic E-state index is 12.7. The van der Waals surface area contributed by atoms with Gasteiger partial charge in [0.2, 0.25) is 0 Å². The summed E-state index contributed by atoms with van der Waals surface area (Å²) < 4.78 is 26.6. The van der Waals surface area contributed by atoms with Crippen molar-refractivity contribution in [2.75, 3.05) is 7.05 Å². The van der Waals surface area contributed by atoms with E-state index in [1.165, 1.54) is 27.2 Å². The molecule has 0 spiro atoms. The Hall–Kier alpha value is -1.95. The summed E-state index contributed by atoms with van der Waals surface area (Å²) in [6.45, 7) is 8.23. The Kier molecular flexibility index (Phi) is 6.80. The van der Waals surface area contributed by atoms with Gasteiger partial charge in [0.05, 0.1) is 6.04 Å². The van der Waals surface area contributed by atoms with Crippen molar-refractivity contribution in [2.24, 2.45) is 27.4 Å². The van der Waals surface area contributed by atoms with E-state index in [-0.39, 0.29) is 39.6 Å². The summed E-state index contributed by atoms with van der Waals surface area (Å²) in [6, 6.07) is 1.92. The topological polar surface area (TPSA) is 134 Å². The minimum absolute atomic E-state index is 0.0104. The number of rotatable bonds is 7. The lowest BCUT2D eigenvalue weighted by Crippen LogP contribution is -2.32. The van der Waals surface area contributed by atoms with Crippen LogP contribution < -0.4 is 11.5 Å². The van der Waals surface area contributed by atoms with Gasteiger partial charge in [-0.25, -0.2) is 13.4 Å². The van der Waals surface area contributed by atoms with Crippen LogP contribution in [0.25, 0.3) is 0 Å². The molecule has 0 radical (unpaired) electrons. The fourth-order valence-electron chi connectivity index (χ4n) is 3.04. The highest BCUT2D eigenvalue weighted by molar-refractivity contribution is 7.91. The Morgan fingerprint density at radius 1 is 1.26 bits per heavy atom. The molecule has 170 valence electrons. The first-order chi connectivity index (χ1) is 14.4. The molecule has 0 amide bonds. The van der Waals surface area contributed by atoms with E-state index in [1.54, 1.807) is 11.3 Å². The number of hydrogen-bond donors (Lipinski definition) is 3. The summed E-state index contributed by atoms with van der Waals surface area (Å²) in [5.74, 6) is -0.248. The van der Waals surface area contributed by atoms with Gasteiger partial charge in [-0.2, -0.15) is 4.31 Å². The Balaban J connectivity index is 1.89. The summed E-state index contributed by atoms with van der Waals surface area (Å²) in [7, 11) is -2.26. The van der Waals surface area contributed by atoms with E-state index in [0.29, 0.717) is 0 Å². The lowest BCUT2D eigenvalue weighted by atomic mass is 10.0. The second kappa shape index (κ2) is 8.89. The van der Waals surface area contributed by atoms with Gasteiger partial charge in [-0.3, -0.25) is 4.99 Å². The summed E-state index contributed by atoms with van der Waals surface area (Å²) in [5.41, 5.74) is 13.4. The van der Waals surface area contributed by atoms with Crippen molar-refractivity contribution < 1.29 is 13.5 Å². The largest absolute Gasteiger partial charge is 0.504 e. The van der Waals surface area contributed by atoms with Crippen LogP contribution in [0.5, 0.6) is 5.75 Å². The molecule has 1 aliphatic rings. The second-order valence-electron chi connectivity index (χ2n) is 8.10. The predicted octanol–water partition coefficient (Wildman–Crippen LogP) is 3.66.